The minimum atomic E-state index is 0.574. The van der Waals surface area contributed by atoms with Crippen molar-refractivity contribution in [3.63, 3.8) is 0 Å². The lowest BCUT2D eigenvalue weighted by atomic mass is 10.1. The molecule has 0 amide bonds. The molecular formula is C11H11NO. The summed E-state index contributed by atoms with van der Waals surface area (Å²) in [5.74, 6) is 0.825. The fourth-order valence-electron chi connectivity index (χ4n) is 1.03. The van der Waals surface area contributed by atoms with E-state index in [9.17, 15) is 0 Å². The van der Waals surface area contributed by atoms with Gasteiger partial charge >= 0.3 is 0 Å². The lowest BCUT2D eigenvalue weighted by Crippen LogP contribution is -1.87. The molecule has 2 heteroatoms. The Morgan fingerprint density at radius 1 is 1.46 bits per heavy atom. The van der Waals surface area contributed by atoms with Crippen molar-refractivity contribution >= 4 is 0 Å². The summed E-state index contributed by atoms with van der Waals surface area (Å²) in [6.45, 7) is 3.62. The predicted octanol–water partition coefficient (Wildman–Crippen LogP) is 2.32. The van der Waals surface area contributed by atoms with Gasteiger partial charge in [0.05, 0.1) is 13.2 Å². The van der Waals surface area contributed by atoms with Gasteiger partial charge in [-0.25, -0.2) is 0 Å². The average Bonchev–Trinajstić information content (AvgIpc) is 2.19. The molecule has 0 bridgehead atoms. The van der Waals surface area contributed by atoms with E-state index in [-0.39, 0.29) is 0 Å². The first-order chi connectivity index (χ1) is 6.26. The van der Waals surface area contributed by atoms with Gasteiger partial charge in [0, 0.05) is 12.0 Å². The molecule has 0 aliphatic rings. The van der Waals surface area contributed by atoms with E-state index in [1.807, 2.05) is 30.3 Å². The van der Waals surface area contributed by atoms with Crippen LogP contribution in [0, 0.1) is 11.3 Å². The van der Waals surface area contributed by atoms with E-state index in [1.165, 1.54) is 0 Å². The van der Waals surface area contributed by atoms with Crippen molar-refractivity contribution in [2.75, 3.05) is 7.11 Å². The van der Waals surface area contributed by atoms with Gasteiger partial charge in [-0.15, -0.1) is 0 Å². The van der Waals surface area contributed by atoms with E-state index >= 15 is 0 Å². The van der Waals surface area contributed by atoms with Gasteiger partial charge in [0.15, 0.2) is 0 Å². The van der Waals surface area contributed by atoms with Crippen molar-refractivity contribution in [1.29, 1.82) is 5.26 Å². The number of nitrogens with zero attached hydrogens (tertiary/aromatic N) is 1. The Kier molecular flexibility index (Phi) is 3.10. The standard InChI is InChI=1S/C11H11NO/c1-9(8-12)7-10-3-5-11(13-2)6-4-10/h3-6H,1,7H2,2H3. The van der Waals surface area contributed by atoms with Gasteiger partial charge in [-0.1, -0.05) is 18.7 Å². The van der Waals surface area contributed by atoms with Crippen LogP contribution in [-0.4, -0.2) is 7.11 Å². The fraction of sp³-hybridized carbons (Fsp3) is 0.182. The Labute approximate surface area is 78.1 Å². The van der Waals surface area contributed by atoms with E-state index in [2.05, 4.69) is 6.58 Å². The van der Waals surface area contributed by atoms with E-state index < -0.39 is 0 Å². The summed E-state index contributed by atoms with van der Waals surface area (Å²) in [6.07, 6.45) is 0.612. The largest absolute Gasteiger partial charge is 0.497 e. The monoisotopic (exact) mass is 173 g/mol. The minimum absolute atomic E-state index is 0.574. The highest BCUT2D eigenvalue weighted by Gasteiger charge is 1.96. The summed E-state index contributed by atoms with van der Waals surface area (Å²) in [7, 11) is 1.63. The van der Waals surface area contributed by atoms with Crippen LogP contribution in [-0.2, 0) is 6.42 Å². The molecule has 0 atom stereocenters. The van der Waals surface area contributed by atoms with Crippen molar-refractivity contribution in [1.82, 2.24) is 0 Å². The highest BCUT2D eigenvalue weighted by atomic mass is 16.5. The van der Waals surface area contributed by atoms with Gasteiger partial charge in [0.1, 0.15) is 5.75 Å². The van der Waals surface area contributed by atoms with E-state index in [1.54, 1.807) is 7.11 Å². The third-order valence-electron chi connectivity index (χ3n) is 1.73. The molecule has 0 aromatic heterocycles. The molecule has 0 saturated heterocycles. The Balaban J connectivity index is 2.71. The topological polar surface area (TPSA) is 33.0 Å². The Morgan fingerprint density at radius 3 is 2.54 bits per heavy atom. The number of methoxy groups -OCH3 is 1. The molecule has 0 aliphatic heterocycles. The van der Waals surface area contributed by atoms with Crippen LogP contribution >= 0.6 is 0 Å². The SMILES string of the molecule is C=C(C#N)Cc1ccc(OC)cc1. The predicted molar refractivity (Wildman–Crippen MR) is 51.5 cm³/mol. The van der Waals surface area contributed by atoms with Crippen molar-refractivity contribution in [2.24, 2.45) is 0 Å². The number of nitriles is 1. The first-order valence-electron chi connectivity index (χ1n) is 3.97. The molecule has 1 aromatic carbocycles. The molecule has 0 aliphatic carbocycles. The van der Waals surface area contributed by atoms with Gasteiger partial charge in [0.2, 0.25) is 0 Å². The quantitative estimate of drug-likeness (QED) is 0.657. The average molecular weight is 173 g/mol. The number of benzene rings is 1. The normalized spacial score (nSPS) is 8.92. The summed E-state index contributed by atoms with van der Waals surface area (Å²) in [4.78, 5) is 0. The second-order valence-electron chi connectivity index (χ2n) is 2.74. The zero-order valence-electron chi connectivity index (χ0n) is 7.58. The molecule has 1 aromatic rings. The van der Waals surface area contributed by atoms with Crippen molar-refractivity contribution < 1.29 is 4.74 Å². The molecule has 0 unspecified atom stereocenters. The van der Waals surface area contributed by atoms with Crippen LogP contribution in [0.2, 0.25) is 0 Å². The third-order valence-corrected chi connectivity index (χ3v) is 1.73. The Morgan fingerprint density at radius 2 is 2.08 bits per heavy atom. The second kappa shape index (κ2) is 4.32. The van der Waals surface area contributed by atoms with Crippen LogP contribution in [0.15, 0.2) is 36.4 Å². The summed E-state index contributed by atoms with van der Waals surface area (Å²) in [5, 5.41) is 8.52. The third kappa shape index (κ3) is 2.64. The van der Waals surface area contributed by atoms with Gasteiger partial charge < -0.3 is 4.74 Å². The maximum absolute atomic E-state index is 8.52. The zero-order chi connectivity index (χ0) is 9.68. The summed E-state index contributed by atoms with van der Waals surface area (Å²) in [6, 6.07) is 9.63. The first kappa shape index (κ1) is 9.34. The maximum Gasteiger partial charge on any atom is 0.118 e. The van der Waals surface area contributed by atoms with E-state index in [4.69, 9.17) is 10.00 Å². The van der Waals surface area contributed by atoms with E-state index in [0.717, 1.165) is 11.3 Å². The fourth-order valence-corrected chi connectivity index (χ4v) is 1.03. The first-order valence-corrected chi connectivity index (χ1v) is 3.97. The molecule has 0 spiro atoms. The smallest absolute Gasteiger partial charge is 0.118 e. The summed E-state index contributed by atoms with van der Waals surface area (Å²) >= 11 is 0. The molecule has 0 fully saturated rings. The summed E-state index contributed by atoms with van der Waals surface area (Å²) in [5.41, 5.74) is 1.65. The van der Waals surface area contributed by atoms with Gasteiger partial charge in [-0.2, -0.15) is 5.26 Å². The van der Waals surface area contributed by atoms with Crippen LogP contribution in [0.1, 0.15) is 5.56 Å². The molecule has 0 radical (unpaired) electrons. The molecule has 66 valence electrons. The van der Waals surface area contributed by atoms with Crippen LogP contribution in [0.4, 0.5) is 0 Å². The minimum Gasteiger partial charge on any atom is -0.497 e. The van der Waals surface area contributed by atoms with Crippen LogP contribution < -0.4 is 4.74 Å². The molecule has 0 saturated carbocycles. The lowest BCUT2D eigenvalue weighted by Gasteiger charge is -2.01. The van der Waals surface area contributed by atoms with Crippen LogP contribution in [0.5, 0.6) is 5.75 Å². The highest BCUT2D eigenvalue weighted by Crippen LogP contribution is 2.13. The maximum atomic E-state index is 8.52. The molecule has 13 heavy (non-hydrogen) atoms. The number of allylic oxidation sites excluding steroid dienone is 1. The molecule has 0 heterocycles. The Hall–Kier alpha value is -1.75. The zero-order valence-corrected chi connectivity index (χ0v) is 7.58. The highest BCUT2D eigenvalue weighted by molar-refractivity contribution is 5.32. The van der Waals surface area contributed by atoms with Gasteiger partial charge in [-0.05, 0) is 17.7 Å². The van der Waals surface area contributed by atoms with Crippen LogP contribution in [0.3, 0.4) is 0 Å². The van der Waals surface area contributed by atoms with Crippen molar-refractivity contribution in [3.05, 3.63) is 42.0 Å². The molecule has 1 rings (SSSR count). The van der Waals surface area contributed by atoms with Crippen molar-refractivity contribution in [2.45, 2.75) is 6.42 Å². The van der Waals surface area contributed by atoms with Gasteiger partial charge in [0.25, 0.3) is 0 Å². The number of rotatable bonds is 3. The van der Waals surface area contributed by atoms with E-state index in [0.29, 0.717) is 12.0 Å². The van der Waals surface area contributed by atoms with Crippen molar-refractivity contribution in [3.8, 4) is 11.8 Å². The number of ether oxygens (including phenoxy) is 1. The Bertz CT molecular complexity index is 332. The summed E-state index contributed by atoms with van der Waals surface area (Å²) < 4.78 is 5.01. The van der Waals surface area contributed by atoms with Gasteiger partial charge in [-0.3, -0.25) is 0 Å². The number of hydrogen-bond acceptors (Lipinski definition) is 2. The molecule has 0 N–H and O–H groups in total. The van der Waals surface area contributed by atoms with Crippen LogP contribution in [0.25, 0.3) is 0 Å². The lowest BCUT2D eigenvalue weighted by molar-refractivity contribution is 0.414. The second-order valence-corrected chi connectivity index (χ2v) is 2.74. The number of hydrogen-bond donors (Lipinski definition) is 0. The molecule has 2 nitrogen and oxygen atoms in total. The molecular weight excluding hydrogens is 162 g/mol.